The topological polar surface area (TPSA) is 78.5 Å². The minimum Gasteiger partial charge on any atom is -0.338 e. The van der Waals surface area contributed by atoms with Gasteiger partial charge in [-0.1, -0.05) is 23.7 Å². The number of hydrogen-bond acceptors (Lipinski definition) is 3. The molecule has 3 amide bonds. The van der Waals surface area contributed by atoms with Crippen LogP contribution in [0.3, 0.4) is 0 Å². The zero-order chi connectivity index (χ0) is 20.8. The van der Waals surface area contributed by atoms with Gasteiger partial charge in [0.1, 0.15) is 5.82 Å². The molecule has 0 aromatic heterocycles. The molecule has 6 nitrogen and oxygen atoms in total. The van der Waals surface area contributed by atoms with Gasteiger partial charge in [0, 0.05) is 23.7 Å². The van der Waals surface area contributed by atoms with Gasteiger partial charge in [-0.2, -0.15) is 0 Å². The maximum atomic E-state index is 13.0. The summed E-state index contributed by atoms with van der Waals surface area (Å²) in [5.41, 5.74) is 6.00. The first-order valence-electron chi connectivity index (χ1n) is 9.30. The molecule has 29 heavy (non-hydrogen) atoms. The first-order valence-corrected chi connectivity index (χ1v) is 9.68. The second-order valence-corrected chi connectivity index (χ2v) is 7.37. The molecule has 1 unspecified atom stereocenters. The highest BCUT2D eigenvalue weighted by Crippen LogP contribution is 2.19. The van der Waals surface area contributed by atoms with Gasteiger partial charge < -0.3 is 4.90 Å². The summed E-state index contributed by atoms with van der Waals surface area (Å²) in [5.74, 6) is -1.77. The first kappa shape index (κ1) is 20.8. The molecular formula is C21H21ClFN3O3. The maximum Gasteiger partial charge on any atom is 0.253 e. The van der Waals surface area contributed by atoms with Crippen LogP contribution in [0.4, 0.5) is 4.39 Å². The molecule has 1 heterocycles. The number of hydrazine groups is 1. The van der Waals surface area contributed by atoms with Gasteiger partial charge in [-0.3, -0.25) is 25.2 Å². The number of nitrogens with one attached hydrogen (secondary N) is 2. The molecule has 1 atom stereocenters. The van der Waals surface area contributed by atoms with Crippen molar-refractivity contribution in [3.63, 3.8) is 0 Å². The van der Waals surface area contributed by atoms with Crippen LogP contribution in [0.1, 0.15) is 28.8 Å². The first-order chi connectivity index (χ1) is 13.9. The number of benzene rings is 2. The minimum absolute atomic E-state index is 0.108. The normalized spacial score (nSPS) is 16.2. The average Bonchev–Trinajstić information content (AvgIpc) is 2.74. The van der Waals surface area contributed by atoms with Crippen LogP contribution in [0.2, 0.25) is 5.02 Å². The van der Waals surface area contributed by atoms with E-state index in [1.54, 1.807) is 29.2 Å². The van der Waals surface area contributed by atoms with Crippen LogP contribution in [0.25, 0.3) is 0 Å². The fourth-order valence-corrected chi connectivity index (χ4v) is 3.34. The Labute approximate surface area is 173 Å². The second kappa shape index (κ2) is 9.52. The van der Waals surface area contributed by atoms with E-state index in [9.17, 15) is 18.8 Å². The maximum absolute atomic E-state index is 13.0. The van der Waals surface area contributed by atoms with Gasteiger partial charge in [-0.25, -0.2) is 4.39 Å². The molecule has 0 spiro atoms. The molecule has 0 bridgehead atoms. The average molecular weight is 418 g/mol. The van der Waals surface area contributed by atoms with E-state index in [0.717, 1.165) is 5.56 Å². The van der Waals surface area contributed by atoms with Gasteiger partial charge in [0.25, 0.3) is 5.91 Å². The Morgan fingerprint density at radius 2 is 1.72 bits per heavy atom. The number of amides is 3. The molecule has 1 aliphatic heterocycles. The Morgan fingerprint density at radius 3 is 2.41 bits per heavy atom. The van der Waals surface area contributed by atoms with Gasteiger partial charge in [-0.15, -0.1) is 0 Å². The molecule has 0 radical (unpaired) electrons. The molecule has 0 aliphatic carbocycles. The van der Waals surface area contributed by atoms with Crippen LogP contribution in [-0.2, 0) is 16.0 Å². The molecule has 2 aromatic carbocycles. The molecule has 1 aliphatic rings. The van der Waals surface area contributed by atoms with Gasteiger partial charge in [0.15, 0.2) is 0 Å². The number of rotatable bonds is 4. The predicted molar refractivity (Wildman–Crippen MR) is 106 cm³/mol. The van der Waals surface area contributed by atoms with E-state index in [1.165, 1.54) is 24.3 Å². The fourth-order valence-electron chi connectivity index (χ4n) is 3.22. The van der Waals surface area contributed by atoms with E-state index in [0.29, 0.717) is 30.0 Å². The monoisotopic (exact) mass is 417 g/mol. The Bertz CT molecular complexity index is 887. The van der Waals surface area contributed by atoms with Crippen LogP contribution in [0.5, 0.6) is 0 Å². The largest absolute Gasteiger partial charge is 0.338 e. The minimum atomic E-state index is -0.427. The van der Waals surface area contributed by atoms with Crippen molar-refractivity contribution in [3.05, 3.63) is 70.5 Å². The van der Waals surface area contributed by atoms with Crippen LogP contribution < -0.4 is 10.9 Å². The zero-order valence-electron chi connectivity index (χ0n) is 15.7. The summed E-state index contributed by atoms with van der Waals surface area (Å²) in [6.07, 6.45) is 1.40. The van der Waals surface area contributed by atoms with Crippen molar-refractivity contribution < 1.29 is 18.8 Å². The van der Waals surface area contributed by atoms with Crippen LogP contribution in [-0.4, -0.2) is 35.7 Å². The molecule has 2 N–H and O–H groups in total. The molecule has 3 rings (SSSR count). The lowest BCUT2D eigenvalue weighted by atomic mass is 9.96. The summed E-state index contributed by atoms with van der Waals surface area (Å²) in [5, 5.41) is 0.583. The third-order valence-corrected chi connectivity index (χ3v) is 5.03. The van der Waals surface area contributed by atoms with E-state index in [4.69, 9.17) is 11.6 Å². The van der Waals surface area contributed by atoms with Crippen LogP contribution in [0.15, 0.2) is 48.5 Å². The SMILES string of the molecule is O=C(Cc1ccc(Cl)cc1)NNC(=O)C1CCCN(C(=O)c2ccc(F)cc2)C1. The van der Waals surface area contributed by atoms with E-state index in [-0.39, 0.29) is 30.7 Å². The van der Waals surface area contributed by atoms with Gasteiger partial charge >= 0.3 is 0 Å². The van der Waals surface area contributed by atoms with Gasteiger partial charge in [0.2, 0.25) is 11.8 Å². The fraction of sp³-hybridized carbons (Fsp3) is 0.286. The molecule has 1 saturated heterocycles. The second-order valence-electron chi connectivity index (χ2n) is 6.94. The summed E-state index contributed by atoms with van der Waals surface area (Å²) in [6.45, 7) is 0.776. The van der Waals surface area contributed by atoms with E-state index < -0.39 is 11.7 Å². The van der Waals surface area contributed by atoms with Gasteiger partial charge in [0.05, 0.1) is 12.3 Å². The van der Waals surface area contributed by atoms with Crippen molar-refractivity contribution in [1.29, 1.82) is 0 Å². The highest BCUT2D eigenvalue weighted by Gasteiger charge is 2.29. The lowest BCUT2D eigenvalue weighted by Gasteiger charge is -2.32. The van der Waals surface area contributed by atoms with Crippen molar-refractivity contribution in [2.45, 2.75) is 19.3 Å². The number of halogens is 2. The Hall–Kier alpha value is -2.93. The molecular weight excluding hydrogens is 397 g/mol. The lowest BCUT2D eigenvalue weighted by Crippen LogP contribution is -2.50. The molecule has 1 fully saturated rings. The number of hydrogen-bond donors (Lipinski definition) is 2. The lowest BCUT2D eigenvalue weighted by molar-refractivity contribution is -0.131. The number of likely N-dealkylation sites (tertiary alicyclic amines) is 1. The van der Waals surface area contributed by atoms with Crippen molar-refractivity contribution in [2.75, 3.05) is 13.1 Å². The van der Waals surface area contributed by atoms with Gasteiger partial charge in [-0.05, 0) is 54.8 Å². The zero-order valence-corrected chi connectivity index (χ0v) is 16.4. The van der Waals surface area contributed by atoms with Crippen molar-refractivity contribution in [2.24, 2.45) is 5.92 Å². The summed E-state index contributed by atoms with van der Waals surface area (Å²) < 4.78 is 13.0. The Morgan fingerprint density at radius 1 is 1.03 bits per heavy atom. The van der Waals surface area contributed by atoms with E-state index in [2.05, 4.69) is 10.9 Å². The van der Waals surface area contributed by atoms with Crippen molar-refractivity contribution in [1.82, 2.24) is 15.8 Å². The molecule has 0 saturated carbocycles. The third kappa shape index (κ3) is 5.77. The van der Waals surface area contributed by atoms with E-state index >= 15 is 0 Å². The number of piperidine rings is 1. The third-order valence-electron chi connectivity index (χ3n) is 4.77. The molecule has 2 aromatic rings. The Balaban J connectivity index is 1.50. The van der Waals surface area contributed by atoms with Crippen molar-refractivity contribution in [3.8, 4) is 0 Å². The predicted octanol–water partition coefficient (Wildman–Crippen LogP) is 2.72. The molecule has 152 valence electrons. The highest BCUT2D eigenvalue weighted by molar-refractivity contribution is 6.30. The quantitative estimate of drug-likeness (QED) is 0.751. The number of carbonyl (C=O) groups is 3. The summed E-state index contributed by atoms with van der Waals surface area (Å²) in [7, 11) is 0. The Kier molecular flexibility index (Phi) is 6.82. The molecule has 8 heteroatoms. The van der Waals surface area contributed by atoms with Crippen LogP contribution in [0, 0.1) is 11.7 Å². The summed E-state index contributed by atoms with van der Waals surface area (Å²) in [4.78, 5) is 38.6. The smallest absolute Gasteiger partial charge is 0.253 e. The summed E-state index contributed by atoms with van der Waals surface area (Å²) >= 11 is 5.81. The number of carbonyl (C=O) groups excluding carboxylic acids is 3. The summed E-state index contributed by atoms with van der Waals surface area (Å²) in [6, 6.07) is 12.2. The number of nitrogens with zero attached hydrogens (tertiary/aromatic N) is 1. The standard InChI is InChI=1S/C21H21ClFN3O3/c22-17-7-3-14(4-8-17)12-19(27)24-25-20(28)16-2-1-11-26(13-16)21(29)15-5-9-18(23)10-6-15/h3-10,16H,1-2,11-13H2,(H,24,27)(H,25,28). The van der Waals surface area contributed by atoms with E-state index in [1.807, 2.05) is 0 Å². The van der Waals surface area contributed by atoms with Crippen LogP contribution >= 0.6 is 11.6 Å². The van der Waals surface area contributed by atoms with Crippen molar-refractivity contribution >= 4 is 29.3 Å². The highest BCUT2D eigenvalue weighted by atomic mass is 35.5.